The molecule has 4 heteroatoms. The Balaban J connectivity index is 2.49. The van der Waals surface area contributed by atoms with Gasteiger partial charge >= 0.3 is 5.97 Å². The molecule has 4 nitrogen and oxygen atoms in total. The van der Waals surface area contributed by atoms with E-state index in [4.69, 9.17) is 0 Å². The molecule has 1 aliphatic heterocycles. The lowest BCUT2D eigenvalue weighted by Crippen LogP contribution is -2.54. The van der Waals surface area contributed by atoms with E-state index < -0.39 is 11.5 Å². The number of hydrogen-bond donors (Lipinski definition) is 2. The number of nitrogens with zero attached hydrogens (tertiary/aromatic N) is 1. The number of rotatable bonds is 8. The number of aliphatic carboxylic acids is 1. The van der Waals surface area contributed by atoms with Gasteiger partial charge in [0.2, 0.25) is 0 Å². The highest BCUT2D eigenvalue weighted by atomic mass is 16.4. The van der Waals surface area contributed by atoms with E-state index in [-0.39, 0.29) is 6.04 Å². The minimum Gasteiger partial charge on any atom is -0.480 e. The molecule has 1 saturated heterocycles. The van der Waals surface area contributed by atoms with Crippen LogP contribution in [0.5, 0.6) is 0 Å². The van der Waals surface area contributed by atoms with Crippen molar-refractivity contribution < 1.29 is 9.90 Å². The Morgan fingerprint density at radius 3 is 2.50 bits per heavy atom. The normalized spacial score (nSPS) is 22.1. The molecule has 118 valence electrons. The highest BCUT2D eigenvalue weighted by Crippen LogP contribution is 2.29. The lowest BCUT2D eigenvalue weighted by molar-refractivity contribution is -0.145. The Morgan fingerprint density at radius 1 is 1.45 bits per heavy atom. The molecule has 0 radical (unpaired) electrons. The maximum Gasteiger partial charge on any atom is 0.323 e. The summed E-state index contributed by atoms with van der Waals surface area (Å²) in [4.78, 5) is 14.1. The van der Waals surface area contributed by atoms with Gasteiger partial charge in [0.15, 0.2) is 0 Å². The Kier molecular flexibility index (Phi) is 6.02. The molecule has 1 rings (SSSR count). The molecule has 0 aromatic carbocycles. The molecule has 0 bridgehead atoms. The van der Waals surface area contributed by atoms with E-state index >= 15 is 0 Å². The van der Waals surface area contributed by atoms with Crippen molar-refractivity contribution in [2.75, 3.05) is 19.6 Å². The summed E-state index contributed by atoms with van der Waals surface area (Å²) in [6.07, 6.45) is 3.52. The summed E-state index contributed by atoms with van der Waals surface area (Å²) in [6.45, 7) is 13.9. The third-order valence-electron chi connectivity index (χ3n) is 4.41. The molecule has 0 amide bonds. The number of carboxylic acid groups (broad SMARTS) is 1. The number of carboxylic acids is 1. The zero-order valence-electron chi connectivity index (χ0n) is 13.8. The van der Waals surface area contributed by atoms with Crippen LogP contribution in [0, 0.1) is 5.41 Å². The average Bonchev–Trinajstić information content (AvgIpc) is 2.66. The molecule has 0 aromatic rings. The predicted molar refractivity (Wildman–Crippen MR) is 83.0 cm³/mol. The minimum absolute atomic E-state index is 0.191. The molecular formula is C16H32N2O2. The zero-order chi connectivity index (χ0) is 15.4. The van der Waals surface area contributed by atoms with Crippen molar-refractivity contribution >= 4 is 5.97 Å². The molecule has 1 unspecified atom stereocenters. The summed E-state index contributed by atoms with van der Waals surface area (Å²) < 4.78 is 0. The molecular weight excluding hydrogens is 252 g/mol. The first-order chi connectivity index (χ1) is 9.21. The van der Waals surface area contributed by atoms with Gasteiger partial charge in [0.05, 0.1) is 0 Å². The zero-order valence-corrected chi connectivity index (χ0v) is 13.8. The molecule has 1 aliphatic rings. The van der Waals surface area contributed by atoms with Crippen LogP contribution >= 0.6 is 0 Å². The van der Waals surface area contributed by atoms with Gasteiger partial charge in [0, 0.05) is 12.6 Å². The van der Waals surface area contributed by atoms with Gasteiger partial charge in [-0.15, -0.1) is 0 Å². The van der Waals surface area contributed by atoms with Crippen LogP contribution < -0.4 is 5.32 Å². The summed E-state index contributed by atoms with van der Waals surface area (Å²) >= 11 is 0. The molecule has 2 N–H and O–H groups in total. The fraction of sp³-hybridized carbons (Fsp3) is 0.938. The summed E-state index contributed by atoms with van der Waals surface area (Å²) in [6, 6.07) is 0.191. The van der Waals surface area contributed by atoms with E-state index in [0.717, 1.165) is 26.1 Å². The van der Waals surface area contributed by atoms with Crippen LogP contribution in [0.2, 0.25) is 0 Å². The maximum atomic E-state index is 11.6. The topological polar surface area (TPSA) is 52.6 Å². The Hall–Kier alpha value is -0.610. The maximum absolute atomic E-state index is 11.6. The van der Waals surface area contributed by atoms with Crippen LogP contribution in [0.15, 0.2) is 0 Å². The van der Waals surface area contributed by atoms with E-state index in [1.165, 1.54) is 6.42 Å². The van der Waals surface area contributed by atoms with Crippen molar-refractivity contribution in [1.29, 1.82) is 0 Å². The van der Waals surface area contributed by atoms with Gasteiger partial charge in [0.25, 0.3) is 0 Å². The molecule has 20 heavy (non-hydrogen) atoms. The van der Waals surface area contributed by atoms with Gasteiger partial charge in [-0.1, -0.05) is 20.8 Å². The van der Waals surface area contributed by atoms with E-state index in [0.29, 0.717) is 18.3 Å². The SMILES string of the molecule is CCC(CCCN1CCC(C)(C)C1)(NC(C)C)C(=O)O. The molecule has 1 heterocycles. The van der Waals surface area contributed by atoms with Gasteiger partial charge in [-0.25, -0.2) is 0 Å². The van der Waals surface area contributed by atoms with Crippen LogP contribution in [0.1, 0.15) is 60.3 Å². The van der Waals surface area contributed by atoms with Crippen molar-refractivity contribution in [3.63, 3.8) is 0 Å². The van der Waals surface area contributed by atoms with E-state index in [1.54, 1.807) is 0 Å². The molecule has 1 atom stereocenters. The van der Waals surface area contributed by atoms with E-state index in [1.807, 2.05) is 20.8 Å². The van der Waals surface area contributed by atoms with Crippen molar-refractivity contribution in [2.24, 2.45) is 5.41 Å². The van der Waals surface area contributed by atoms with Crippen LogP contribution in [-0.4, -0.2) is 47.2 Å². The van der Waals surface area contributed by atoms with Gasteiger partial charge in [-0.05, 0) is 58.0 Å². The van der Waals surface area contributed by atoms with Gasteiger partial charge in [-0.3, -0.25) is 10.1 Å². The first-order valence-corrected chi connectivity index (χ1v) is 7.94. The smallest absolute Gasteiger partial charge is 0.323 e. The fourth-order valence-electron chi connectivity index (χ4n) is 3.24. The van der Waals surface area contributed by atoms with E-state index in [9.17, 15) is 9.90 Å². The van der Waals surface area contributed by atoms with Gasteiger partial charge in [-0.2, -0.15) is 0 Å². The monoisotopic (exact) mass is 284 g/mol. The van der Waals surface area contributed by atoms with E-state index in [2.05, 4.69) is 24.1 Å². The first-order valence-electron chi connectivity index (χ1n) is 7.94. The Labute approximate surface area is 123 Å². The Bertz CT molecular complexity index is 328. The second kappa shape index (κ2) is 6.90. The second-order valence-corrected chi connectivity index (χ2v) is 7.33. The van der Waals surface area contributed by atoms with Crippen molar-refractivity contribution in [3.8, 4) is 0 Å². The van der Waals surface area contributed by atoms with Crippen molar-refractivity contribution in [3.05, 3.63) is 0 Å². The summed E-state index contributed by atoms with van der Waals surface area (Å²) in [7, 11) is 0. The largest absolute Gasteiger partial charge is 0.480 e. The lowest BCUT2D eigenvalue weighted by Gasteiger charge is -2.32. The van der Waals surface area contributed by atoms with Crippen LogP contribution in [-0.2, 0) is 4.79 Å². The summed E-state index contributed by atoms with van der Waals surface area (Å²) in [5.41, 5.74) is -0.339. The number of carbonyl (C=O) groups is 1. The highest BCUT2D eigenvalue weighted by molar-refractivity contribution is 5.78. The van der Waals surface area contributed by atoms with Crippen LogP contribution in [0.25, 0.3) is 0 Å². The minimum atomic E-state index is -0.761. The standard InChI is InChI=1S/C16H32N2O2/c1-6-16(14(19)20,17-13(2)3)8-7-10-18-11-9-15(4,5)12-18/h13,17H,6-12H2,1-5H3,(H,19,20). The van der Waals surface area contributed by atoms with Crippen molar-refractivity contribution in [2.45, 2.75) is 71.9 Å². The average molecular weight is 284 g/mol. The Morgan fingerprint density at radius 2 is 2.10 bits per heavy atom. The molecule has 0 aliphatic carbocycles. The lowest BCUT2D eigenvalue weighted by atomic mass is 9.89. The molecule has 0 spiro atoms. The molecule has 0 saturated carbocycles. The first kappa shape index (κ1) is 17.4. The molecule has 0 aromatic heterocycles. The third-order valence-corrected chi connectivity index (χ3v) is 4.41. The predicted octanol–water partition coefficient (Wildman–Crippen LogP) is 2.73. The number of hydrogen-bond acceptors (Lipinski definition) is 3. The van der Waals surface area contributed by atoms with Crippen molar-refractivity contribution in [1.82, 2.24) is 10.2 Å². The van der Waals surface area contributed by atoms with Crippen LogP contribution in [0.3, 0.4) is 0 Å². The quantitative estimate of drug-likeness (QED) is 0.719. The highest BCUT2D eigenvalue weighted by Gasteiger charge is 2.37. The molecule has 1 fully saturated rings. The second-order valence-electron chi connectivity index (χ2n) is 7.33. The number of nitrogens with one attached hydrogen (secondary N) is 1. The fourth-order valence-corrected chi connectivity index (χ4v) is 3.24. The summed E-state index contributed by atoms with van der Waals surface area (Å²) in [5.74, 6) is -0.713. The van der Waals surface area contributed by atoms with Gasteiger partial charge in [0.1, 0.15) is 5.54 Å². The third kappa shape index (κ3) is 4.74. The van der Waals surface area contributed by atoms with Crippen LogP contribution in [0.4, 0.5) is 0 Å². The number of likely N-dealkylation sites (tertiary alicyclic amines) is 1. The van der Waals surface area contributed by atoms with Gasteiger partial charge < -0.3 is 10.0 Å². The summed E-state index contributed by atoms with van der Waals surface area (Å²) in [5, 5.41) is 12.8.